The van der Waals surface area contributed by atoms with Gasteiger partial charge in [-0.1, -0.05) is 46.8 Å². The van der Waals surface area contributed by atoms with Crippen LogP contribution in [0, 0.1) is 5.92 Å². The van der Waals surface area contributed by atoms with Gasteiger partial charge in [-0.05, 0) is 47.4 Å². The Morgan fingerprint density at radius 3 is 1.57 bits per heavy atom. The van der Waals surface area contributed by atoms with Crippen molar-refractivity contribution < 1.29 is 14.4 Å². The number of nitrogens with one attached hydrogen (secondary N) is 3. The second-order valence-corrected chi connectivity index (χ2v) is 7.96. The lowest BCUT2D eigenvalue weighted by molar-refractivity contribution is -0.118. The molecule has 6 heteroatoms. The molecule has 0 heterocycles. The van der Waals surface area contributed by atoms with E-state index in [1.807, 2.05) is 12.1 Å². The van der Waals surface area contributed by atoms with Crippen LogP contribution in [-0.4, -0.2) is 17.7 Å². The zero-order valence-corrected chi connectivity index (χ0v) is 16.9. The van der Waals surface area contributed by atoms with Crippen LogP contribution in [0.25, 0.3) is 0 Å². The minimum atomic E-state index is -0.443. The molecule has 0 unspecified atom stereocenters. The number of carbonyl (C=O) groups excluding carboxylic acids is 3. The number of hydrogen-bond donors (Lipinski definition) is 3. The van der Waals surface area contributed by atoms with E-state index in [1.54, 1.807) is 50.2 Å². The lowest BCUT2D eigenvalue weighted by Crippen LogP contribution is -2.41. The minimum Gasteiger partial charge on any atom is -0.326 e. The van der Waals surface area contributed by atoms with Crippen LogP contribution in [0.4, 0.5) is 5.69 Å². The third kappa shape index (κ3) is 5.67. The van der Waals surface area contributed by atoms with E-state index in [9.17, 15) is 14.4 Å². The molecule has 3 N–H and O–H groups in total. The summed E-state index contributed by atoms with van der Waals surface area (Å²) in [6.07, 6.45) is 0. The smallest absolute Gasteiger partial charge is 0.269 e. The van der Waals surface area contributed by atoms with Crippen LogP contribution in [0.1, 0.15) is 60.9 Å². The highest BCUT2D eigenvalue weighted by Crippen LogP contribution is 2.22. The summed E-state index contributed by atoms with van der Waals surface area (Å²) < 4.78 is 0. The van der Waals surface area contributed by atoms with Gasteiger partial charge >= 0.3 is 0 Å². The Hall–Kier alpha value is -3.15. The quantitative estimate of drug-likeness (QED) is 0.707. The molecule has 2 rings (SSSR count). The maximum absolute atomic E-state index is 12.2. The van der Waals surface area contributed by atoms with Gasteiger partial charge in [-0.3, -0.25) is 25.2 Å². The van der Waals surface area contributed by atoms with Crippen LogP contribution in [0.2, 0.25) is 0 Å². The number of hydrazine groups is 1. The Kier molecular flexibility index (Phi) is 6.57. The molecule has 2 aromatic rings. The Balaban J connectivity index is 1.92. The summed E-state index contributed by atoms with van der Waals surface area (Å²) in [6, 6.07) is 13.7. The number of benzene rings is 2. The standard InChI is InChI=1S/C22H27N3O3/c1-14(2)19(26)23-18-12-8-16(9-13-18)21(28)25-24-20(27)15-6-10-17(11-7-15)22(3,4)5/h6-14H,1-5H3,(H,23,26)(H,24,27)(H,25,28). The monoisotopic (exact) mass is 381 g/mol. The van der Waals surface area contributed by atoms with Crippen LogP contribution in [-0.2, 0) is 10.2 Å². The molecule has 6 nitrogen and oxygen atoms in total. The van der Waals surface area contributed by atoms with Crippen molar-refractivity contribution in [3.8, 4) is 0 Å². The van der Waals surface area contributed by atoms with Gasteiger partial charge in [0.05, 0.1) is 0 Å². The van der Waals surface area contributed by atoms with Crippen LogP contribution in [0.3, 0.4) is 0 Å². The first-order valence-corrected chi connectivity index (χ1v) is 9.20. The average Bonchev–Trinajstić information content (AvgIpc) is 2.65. The van der Waals surface area contributed by atoms with Crippen molar-refractivity contribution in [3.63, 3.8) is 0 Å². The maximum Gasteiger partial charge on any atom is 0.269 e. The molecule has 2 aromatic carbocycles. The molecule has 0 saturated heterocycles. The van der Waals surface area contributed by atoms with Crippen LogP contribution in [0.5, 0.6) is 0 Å². The fourth-order valence-electron chi connectivity index (χ4n) is 2.37. The first-order valence-electron chi connectivity index (χ1n) is 9.20. The molecule has 3 amide bonds. The maximum atomic E-state index is 12.2. The van der Waals surface area contributed by atoms with E-state index in [-0.39, 0.29) is 17.2 Å². The number of rotatable bonds is 4. The van der Waals surface area contributed by atoms with Crippen LogP contribution >= 0.6 is 0 Å². The van der Waals surface area contributed by atoms with Gasteiger partial charge in [0, 0.05) is 22.7 Å². The van der Waals surface area contributed by atoms with Crippen LogP contribution in [0.15, 0.2) is 48.5 Å². The van der Waals surface area contributed by atoms with E-state index in [2.05, 4.69) is 36.9 Å². The molecule has 0 fully saturated rings. The lowest BCUT2D eigenvalue weighted by atomic mass is 9.87. The fraction of sp³-hybridized carbons (Fsp3) is 0.318. The SMILES string of the molecule is CC(C)C(=O)Nc1ccc(C(=O)NNC(=O)c2ccc(C(C)(C)C)cc2)cc1. The van der Waals surface area contributed by atoms with Crippen molar-refractivity contribution in [2.24, 2.45) is 5.92 Å². The molecule has 0 aliphatic rings. The topological polar surface area (TPSA) is 87.3 Å². The zero-order chi connectivity index (χ0) is 20.9. The summed E-state index contributed by atoms with van der Waals surface area (Å²) in [7, 11) is 0. The van der Waals surface area contributed by atoms with Crippen molar-refractivity contribution in [1.82, 2.24) is 10.9 Å². The summed E-state index contributed by atoms with van der Waals surface area (Å²) in [5.74, 6) is -1.06. The normalized spacial score (nSPS) is 11.1. The van der Waals surface area contributed by atoms with E-state index < -0.39 is 11.8 Å². The van der Waals surface area contributed by atoms with Gasteiger partial charge in [0.25, 0.3) is 11.8 Å². The lowest BCUT2D eigenvalue weighted by Gasteiger charge is -2.19. The first kappa shape index (κ1) is 21.2. The molecule has 0 spiro atoms. The Bertz CT molecular complexity index is 848. The van der Waals surface area contributed by atoms with Gasteiger partial charge in [0.1, 0.15) is 0 Å². The average molecular weight is 381 g/mol. The van der Waals surface area contributed by atoms with E-state index >= 15 is 0 Å². The molecule has 0 saturated carbocycles. The molecule has 0 radical (unpaired) electrons. The summed E-state index contributed by atoms with van der Waals surface area (Å²) in [6.45, 7) is 9.90. The fourth-order valence-corrected chi connectivity index (χ4v) is 2.37. The predicted octanol–water partition coefficient (Wildman–Crippen LogP) is 3.65. The first-order chi connectivity index (χ1) is 13.1. The van der Waals surface area contributed by atoms with Crippen molar-refractivity contribution in [2.45, 2.75) is 40.0 Å². The van der Waals surface area contributed by atoms with E-state index in [0.717, 1.165) is 5.56 Å². The molecule has 0 aromatic heterocycles. The van der Waals surface area contributed by atoms with Crippen LogP contribution < -0.4 is 16.2 Å². The molecular weight excluding hydrogens is 354 g/mol. The van der Waals surface area contributed by atoms with E-state index in [0.29, 0.717) is 16.8 Å². The summed E-state index contributed by atoms with van der Waals surface area (Å²) in [5, 5.41) is 2.75. The third-order valence-corrected chi connectivity index (χ3v) is 4.24. The molecule has 0 aliphatic heterocycles. The van der Waals surface area contributed by atoms with Crippen molar-refractivity contribution in [3.05, 3.63) is 65.2 Å². The second-order valence-electron chi connectivity index (χ2n) is 7.96. The highest BCUT2D eigenvalue weighted by molar-refractivity contribution is 5.99. The van der Waals surface area contributed by atoms with Gasteiger partial charge in [-0.15, -0.1) is 0 Å². The predicted molar refractivity (Wildman–Crippen MR) is 110 cm³/mol. The van der Waals surface area contributed by atoms with E-state index in [4.69, 9.17) is 0 Å². The Labute approximate surface area is 165 Å². The number of hydrogen-bond acceptors (Lipinski definition) is 3. The summed E-state index contributed by atoms with van der Waals surface area (Å²) >= 11 is 0. The number of amides is 3. The highest BCUT2D eigenvalue weighted by Gasteiger charge is 2.15. The molecule has 0 atom stereocenters. The Morgan fingerprint density at radius 2 is 1.18 bits per heavy atom. The molecule has 0 aliphatic carbocycles. The minimum absolute atomic E-state index is 0.00399. The Morgan fingerprint density at radius 1 is 0.750 bits per heavy atom. The summed E-state index contributed by atoms with van der Waals surface area (Å²) in [5.41, 5.74) is 7.36. The number of carbonyl (C=O) groups is 3. The van der Waals surface area contributed by atoms with Crippen molar-refractivity contribution >= 4 is 23.4 Å². The third-order valence-electron chi connectivity index (χ3n) is 4.24. The molecule has 28 heavy (non-hydrogen) atoms. The van der Waals surface area contributed by atoms with Crippen molar-refractivity contribution in [1.29, 1.82) is 0 Å². The van der Waals surface area contributed by atoms with Gasteiger partial charge in [-0.25, -0.2) is 0 Å². The van der Waals surface area contributed by atoms with Crippen molar-refractivity contribution in [2.75, 3.05) is 5.32 Å². The summed E-state index contributed by atoms with van der Waals surface area (Å²) in [4.78, 5) is 36.1. The van der Waals surface area contributed by atoms with Gasteiger partial charge < -0.3 is 5.32 Å². The van der Waals surface area contributed by atoms with Gasteiger partial charge in [0.2, 0.25) is 5.91 Å². The highest BCUT2D eigenvalue weighted by atomic mass is 16.2. The van der Waals surface area contributed by atoms with Gasteiger partial charge in [-0.2, -0.15) is 0 Å². The number of anilines is 1. The molecule has 148 valence electrons. The van der Waals surface area contributed by atoms with Gasteiger partial charge in [0.15, 0.2) is 0 Å². The van der Waals surface area contributed by atoms with E-state index in [1.165, 1.54) is 0 Å². The molecular formula is C22H27N3O3. The second kappa shape index (κ2) is 8.69. The molecule has 0 bridgehead atoms. The largest absolute Gasteiger partial charge is 0.326 e. The zero-order valence-electron chi connectivity index (χ0n) is 16.9.